The van der Waals surface area contributed by atoms with Crippen molar-refractivity contribution in [2.75, 3.05) is 33.3 Å². The number of amides is 1. The van der Waals surface area contributed by atoms with Crippen molar-refractivity contribution in [1.29, 1.82) is 0 Å². The third-order valence-corrected chi connectivity index (χ3v) is 6.01. The van der Waals surface area contributed by atoms with Gasteiger partial charge in [0.25, 0.3) is 11.7 Å². The molecule has 1 aliphatic heterocycles. The van der Waals surface area contributed by atoms with Crippen LogP contribution in [0, 0.1) is 5.82 Å². The van der Waals surface area contributed by atoms with E-state index >= 15 is 0 Å². The van der Waals surface area contributed by atoms with Crippen LogP contribution < -0.4 is 4.74 Å². The van der Waals surface area contributed by atoms with E-state index in [0.717, 1.165) is 13.1 Å². The molecule has 3 rings (SSSR count). The number of ketones is 1. The number of likely N-dealkylation sites (N-methyl/N-ethyl adjacent to an activating group) is 1. The highest BCUT2D eigenvalue weighted by Crippen LogP contribution is 2.41. The quantitative estimate of drug-likeness (QED) is 0.362. The maximum atomic E-state index is 14.8. The second-order valence-electron chi connectivity index (χ2n) is 7.39. The minimum Gasteiger partial charge on any atom is -0.507 e. The van der Waals surface area contributed by atoms with Gasteiger partial charge in [-0.3, -0.25) is 9.59 Å². The largest absolute Gasteiger partial charge is 0.507 e. The van der Waals surface area contributed by atoms with Crippen molar-refractivity contribution in [3.8, 4) is 5.75 Å². The van der Waals surface area contributed by atoms with E-state index in [2.05, 4.69) is 4.90 Å². The number of aliphatic hydroxyl groups is 1. The summed E-state index contributed by atoms with van der Waals surface area (Å²) in [5.41, 5.74) is 0.215. The molecule has 1 aliphatic rings. The summed E-state index contributed by atoms with van der Waals surface area (Å²) >= 11 is 6.18. The maximum Gasteiger partial charge on any atom is 0.295 e. The third-order valence-electron chi connectivity index (χ3n) is 5.72. The Hall–Kier alpha value is -2.90. The molecule has 0 radical (unpaired) electrons. The molecule has 32 heavy (non-hydrogen) atoms. The lowest BCUT2D eigenvalue weighted by Gasteiger charge is -2.28. The Bertz CT molecular complexity index is 1050. The van der Waals surface area contributed by atoms with Gasteiger partial charge in [0.1, 0.15) is 17.3 Å². The standard InChI is InChI=1S/C24H26ClFN2O4/c1-4-27(5-2)12-13-28-21(16-8-6-7-9-18(16)26)20(23(30)24(28)31)22(29)15-10-11-19(32-3)17(25)14-15/h6-11,14,21,29H,4-5,12-13H2,1-3H3/b22-20+. The average molecular weight is 461 g/mol. The number of aliphatic hydroxyl groups excluding tert-OH is 1. The zero-order valence-corrected chi connectivity index (χ0v) is 19.0. The SMILES string of the molecule is CCN(CC)CCN1C(=O)C(=O)/C(=C(/O)c2ccc(OC)c(Cl)c2)C1c1ccccc1F. The lowest BCUT2D eigenvalue weighted by atomic mass is 9.95. The van der Waals surface area contributed by atoms with E-state index in [1.165, 1.54) is 42.3 Å². The smallest absolute Gasteiger partial charge is 0.295 e. The first-order valence-corrected chi connectivity index (χ1v) is 10.8. The Labute approximate surface area is 191 Å². The summed E-state index contributed by atoms with van der Waals surface area (Å²) in [6.45, 7) is 6.27. The van der Waals surface area contributed by atoms with Crippen molar-refractivity contribution >= 4 is 29.1 Å². The zero-order chi connectivity index (χ0) is 23.4. The van der Waals surface area contributed by atoms with E-state index in [-0.39, 0.29) is 28.3 Å². The molecular formula is C24H26ClFN2O4. The molecule has 0 bridgehead atoms. The van der Waals surface area contributed by atoms with Gasteiger partial charge in [-0.25, -0.2) is 4.39 Å². The molecule has 1 unspecified atom stereocenters. The van der Waals surface area contributed by atoms with Crippen molar-refractivity contribution in [3.63, 3.8) is 0 Å². The summed E-state index contributed by atoms with van der Waals surface area (Å²) < 4.78 is 19.9. The van der Waals surface area contributed by atoms with Crippen molar-refractivity contribution in [3.05, 3.63) is 70.0 Å². The molecule has 1 saturated heterocycles. The molecule has 1 amide bonds. The Morgan fingerprint density at radius 3 is 2.47 bits per heavy atom. The number of benzene rings is 2. The lowest BCUT2D eigenvalue weighted by molar-refractivity contribution is -0.140. The molecule has 2 aromatic carbocycles. The number of likely N-dealkylation sites (tertiary alicyclic amines) is 1. The summed E-state index contributed by atoms with van der Waals surface area (Å²) in [6, 6.07) is 9.42. The molecule has 0 spiro atoms. The van der Waals surface area contributed by atoms with E-state index in [0.29, 0.717) is 12.3 Å². The van der Waals surface area contributed by atoms with Gasteiger partial charge in [0.15, 0.2) is 0 Å². The predicted octanol–water partition coefficient (Wildman–Crippen LogP) is 4.25. The highest BCUT2D eigenvalue weighted by Gasteiger charge is 2.46. The van der Waals surface area contributed by atoms with Gasteiger partial charge < -0.3 is 19.6 Å². The van der Waals surface area contributed by atoms with Crippen molar-refractivity contribution in [2.24, 2.45) is 0 Å². The van der Waals surface area contributed by atoms with Gasteiger partial charge in [0.2, 0.25) is 0 Å². The highest BCUT2D eigenvalue weighted by molar-refractivity contribution is 6.46. The van der Waals surface area contributed by atoms with Gasteiger partial charge in [0.05, 0.1) is 23.7 Å². The molecule has 170 valence electrons. The molecule has 8 heteroatoms. The van der Waals surface area contributed by atoms with Crippen LogP contribution in [0.3, 0.4) is 0 Å². The van der Waals surface area contributed by atoms with E-state index in [1.54, 1.807) is 12.1 Å². The van der Waals surface area contributed by atoms with Crippen LogP contribution in [-0.4, -0.2) is 59.9 Å². The predicted molar refractivity (Wildman–Crippen MR) is 121 cm³/mol. The average Bonchev–Trinajstić information content (AvgIpc) is 3.04. The maximum absolute atomic E-state index is 14.8. The topological polar surface area (TPSA) is 70.1 Å². The fraction of sp³-hybridized carbons (Fsp3) is 0.333. The van der Waals surface area contributed by atoms with E-state index < -0.39 is 29.3 Å². The van der Waals surface area contributed by atoms with Crippen LogP contribution in [0.4, 0.5) is 4.39 Å². The van der Waals surface area contributed by atoms with E-state index in [9.17, 15) is 19.1 Å². The second-order valence-corrected chi connectivity index (χ2v) is 7.80. The highest BCUT2D eigenvalue weighted by atomic mass is 35.5. The van der Waals surface area contributed by atoms with Crippen LogP contribution in [0.25, 0.3) is 5.76 Å². The normalized spacial score (nSPS) is 17.9. The van der Waals surface area contributed by atoms with Crippen molar-refractivity contribution in [1.82, 2.24) is 9.80 Å². The summed E-state index contributed by atoms with van der Waals surface area (Å²) in [5.74, 6) is -2.21. The molecule has 1 N–H and O–H groups in total. The molecular weight excluding hydrogens is 435 g/mol. The summed E-state index contributed by atoms with van der Waals surface area (Å²) in [4.78, 5) is 29.4. The summed E-state index contributed by atoms with van der Waals surface area (Å²) in [6.07, 6.45) is 0. The molecule has 0 aromatic heterocycles. The third kappa shape index (κ3) is 4.49. The number of ether oxygens (including phenoxy) is 1. The van der Waals surface area contributed by atoms with Crippen LogP contribution in [0.2, 0.25) is 5.02 Å². The van der Waals surface area contributed by atoms with Gasteiger partial charge in [-0.15, -0.1) is 0 Å². The monoisotopic (exact) mass is 460 g/mol. The van der Waals surface area contributed by atoms with Gasteiger partial charge >= 0.3 is 0 Å². The number of methoxy groups -OCH3 is 1. The first-order valence-electron chi connectivity index (χ1n) is 10.4. The Morgan fingerprint density at radius 1 is 1.19 bits per heavy atom. The lowest BCUT2D eigenvalue weighted by Crippen LogP contribution is -2.38. The van der Waals surface area contributed by atoms with Crippen molar-refractivity contribution in [2.45, 2.75) is 19.9 Å². The minimum atomic E-state index is -1.05. The van der Waals surface area contributed by atoms with Gasteiger partial charge in [-0.1, -0.05) is 43.6 Å². The number of hydrogen-bond acceptors (Lipinski definition) is 5. The number of halogens is 2. The number of hydrogen-bond donors (Lipinski definition) is 1. The number of rotatable bonds is 8. The van der Waals surface area contributed by atoms with Crippen LogP contribution in [0.1, 0.15) is 31.0 Å². The molecule has 2 aromatic rings. The first kappa shape index (κ1) is 23.8. The Morgan fingerprint density at radius 2 is 1.88 bits per heavy atom. The van der Waals surface area contributed by atoms with Gasteiger partial charge in [-0.2, -0.15) is 0 Å². The summed E-state index contributed by atoms with van der Waals surface area (Å²) in [7, 11) is 1.46. The number of Topliss-reactive ketones (excluding diaryl/α,β-unsaturated/α-hetero) is 1. The second kappa shape index (κ2) is 10.1. The molecule has 1 heterocycles. The molecule has 0 aliphatic carbocycles. The fourth-order valence-corrected chi connectivity index (χ4v) is 4.15. The van der Waals surface area contributed by atoms with Gasteiger partial charge in [0, 0.05) is 24.2 Å². The van der Waals surface area contributed by atoms with E-state index in [1.807, 2.05) is 13.8 Å². The molecule has 1 atom stereocenters. The van der Waals surface area contributed by atoms with Crippen LogP contribution in [0.15, 0.2) is 48.0 Å². The van der Waals surface area contributed by atoms with Crippen LogP contribution in [-0.2, 0) is 9.59 Å². The summed E-state index contributed by atoms with van der Waals surface area (Å²) in [5, 5.41) is 11.3. The van der Waals surface area contributed by atoms with Crippen molar-refractivity contribution < 1.29 is 23.8 Å². The number of nitrogens with zero attached hydrogens (tertiary/aromatic N) is 2. The molecule has 1 fully saturated rings. The molecule has 6 nitrogen and oxygen atoms in total. The molecule has 0 saturated carbocycles. The minimum absolute atomic E-state index is 0.146. The Balaban J connectivity index is 2.13. The van der Waals surface area contributed by atoms with Crippen LogP contribution in [0.5, 0.6) is 5.75 Å². The Kier molecular flexibility index (Phi) is 7.53. The van der Waals surface area contributed by atoms with Gasteiger partial charge in [-0.05, 0) is 37.4 Å². The van der Waals surface area contributed by atoms with Crippen LogP contribution >= 0.6 is 11.6 Å². The fourth-order valence-electron chi connectivity index (χ4n) is 3.89. The van der Waals surface area contributed by atoms with E-state index in [4.69, 9.17) is 16.3 Å². The first-order chi connectivity index (χ1) is 15.3. The zero-order valence-electron chi connectivity index (χ0n) is 18.3. The number of carbonyl (C=O) groups excluding carboxylic acids is 2. The number of carbonyl (C=O) groups is 2.